The lowest BCUT2D eigenvalue weighted by Crippen LogP contribution is -2.36. The predicted octanol–water partition coefficient (Wildman–Crippen LogP) is 3.36. The van der Waals surface area contributed by atoms with Crippen molar-refractivity contribution in [2.75, 3.05) is 13.2 Å². The van der Waals surface area contributed by atoms with Crippen LogP contribution >= 0.6 is 0 Å². The van der Waals surface area contributed by atoms with Crippen molar-refractivity contribution in [2.24, 2.45) is 0 Å². The Balaban J connectivity index is 3.33. The number of hydrogen-bond donors (Lipinski definition) is 1. The summed E-state index contributed by atoms with van der Waals surface area (Å²) in [5, 5.41) is 3.48. The monoisotopic (exact) mass is 215 g/mol. The molecule has 2 nitrogen and oxygen atoms in total. The second-order valence-corrected chi connectivity index (χ2v) is 5.85. The zero-order chi connectivity index (χ0) is 11.9. The molecule has 0 aromatic heterocycles. The van der Waals surface area contributed by atoms with E-state index in [1.165, 1.54) is 6.42 Å². The summed E-state index contributed by atoms with van der Waals surface area (Å²) in [5.41, 5.74) is 0.293. The van der Waals surface area contributed by atoms with E-state index in [0.29, 0.717) is 0 Å². The maximum atomic E-state index is 5.78. The van der Waals surface area contributed by atoms with Crippen molar-refractivity contribution in [3.05, 3.63) is 0 Å². The van der Waals surface area contributed by atoms with Crippen LogP contribution in [-0.4, -0.2) is 24.3 Å². The molecule has 0 atom stereocenters. The van der Waals surface area contributed by atoms with Crippen molar-refractivity contribution >= 4 is 0 Å². The maximum absolute atomic E-state index is 5.78. The van der Waals surface area contributed by atoms with Crippen LogP contribution in [0.3, 0.4) is 0 Å². The topological polar surface area (TPSA) is 21.3 Å². The molecular weight excluding hydrogens is 186 g/mol. The number of nitrogens with one attached hydrogen (secondary N) is 1. The standard InChI is InChI=1S/C13H29NO/c1-7-13(5,6)15-11-9-8-10-14-12(2,3)4/h14H,7-11H2,1-6H3. The highest BCUT2D eigenvalue weighted by atomic mass is 16.5. The first-order chi connectivity index (χ1) is 6.77. The third-order valence-electron chi connectivity index (χ3n) is 2.57. The first-order valence-corrected chi connectivity index (χ1v) is 6.16. The second kappa shape index (κ2) is 6.49. The molecule has 0 aliphatic rings. The molecule has 1 N–H and O–H groups in total. The lowest BCUT2D eigenvalue weighted by atomic mass is 10.1. The Bertz CT molecular complexity index is 158. The quantitative estimate of drug-likeness (QED) is 0.658. The first kappa shape index (κ1) is 14.9. The van der Waals surface area contributed by atoms with E-state index in [1.807, 2.05) is 0 Å². The third kappa shape index (κ3) is 10.2. The lowest BCUT2D eigenvalue weighted by Gasteiger charge is -2.24. The molecule has 15 heavy (non-hydrogen) atoms. The van der Waals surface area contributed by atoms with E-state index in [-0.39, 0.29) is 11.1 Å². The first-order valence-electron chi connectivity index (χ1n) is 6.16. The average molecular weight is 215 g/mol. The van der Waals surface area contributed by atoms with Crippen LogP contribution in [0.1, 0.15) is 60.8 Å². The van der Waals surface area contributed by atoms with Gasteiger partial charge in [-0.05, 0) is 60.4 Å². The molecule has 0 saturated heterocycles. The van der Waals surface area contributed by atoms with Crippen molar-refractivity contribution < 1.29 is 4.74 Å². The minimum atomic E-state index is 0.0530. The van der Waals surface area contributed by atoms with Gasteiger partial charge in [0.15, 0.2) is 0 Å². The van der Waals surface area contributed by atoms with Gasteiger partial charge >= 0.3 is 0 Å². The molecule has 0 unspecified atom stereocenters. The molecule has 0 aliphatic heterocycles. The third-order valence-corrected chi connectivity index (χ3v) is 2.57. The zero-order valence-corrected chi connectivity index (χ0v) is 11.4. The fraction of sp³-hybridized carbons (Fsp3) is 1.00. The molecule has 92 valence electrons. The van der Waals surface area contributed by atoms with Gasteiger partial charge in [-0.1, -0.05) is 6.92 Å². The molecule has 0 radical (unpaired) electrons. The SMILES string of the molecule is CCC(C)(C)OCCCCNC(C)(C)C. The molecule has 0 aromatic carbocycles. The summed E-state index contributed by atoms with van der Waals surface area (Å²) in [6, 6.07) is 0. The fourth-order valence-electron chi connectivity index (χ4n) is 1.14. The van der Waals surface area contributed by atoms with Gasteiger partial charge in [0.25, 0.3) is 0 Å². The van der Waals surface area contributed by atoms with Crippen LogP contribution in [0.25, 0.3) is 0 Å². The largest absolute Gasteiger partial charge is 0.376 e. The summed E-state index contributed by atoms with van der Waals surface area (Å²) >= 11 is 0. The molecule has 2 heteroatoms. The molecule has 0 saturated carbocycles. The number of hydrogen-bond acceptors (Lipinski definition) is 2. The van der Waals surface area contributed by atoms with E-state index in [2.05, 4.69) is 46.9 Å². The van der Waals surface area contributed by atoms with Gasteiger partial charge in [0.05, 0.1) is 5.60 Å². The van der Waals surface area contributed by atoms with E-state index in [0.717, 1.165) is 26.0 Å². The highest BCUT2D eigenvalue weighted by Gasteiger charge is 2.14. The van der Waals surface area contributed by atoms with E-state index >= 15 is 0 Å². The van der Waals surface area contributed by atoms with Crippen LogP contribution in [-0.2, 0) is 4.74 Å². The van der Waals surface area contributed by atoms with E-state index in [9.17, 15) is 0 Å². The zero-order valence-electron chi connectivity index (χ0n) is 11.4. The van der Waals surface area contributed by atoms with Gasteiger partial charge in [0, 0.05) is 12.1 Å². The van der Waals surface area contributed by atoms with E-state index in [1.54, 1.807) is 0 Å². The summed E-state index contributed by atoms with van der Waals surface area (Å²) in [6.45, 7) is 15.0. The Kier molecular flexibility index (Phi) is 6.46. The van der Waals surface area contributed by atoms with Crippen molar-refractivity contribution in [1.82, 2.24) is 5.32 Å². The van der Waals surface area contributed by atoms with Gasteiger partial charge in [-0.25, -0.2) is 0 Å². The van der Waals surface area contributed by atoms with Crippen molar-refractivity contribution in [3.8, 4) is 0 Å². The number of ether oxygens (including phenoxy) is 1. The predicted molar refractivity (Wildman–Crippen MR) is 67.3 cm³/mol. The Hall–Kier alpha value is -0.0800. The Morgan fingerprint density at radius 1 is 1.00 bits per heavy atom. The Morgan fingerprint density at radius 3 is 2.07 bits per heavy atom. The highest BCUT2D eigenvalue weighted by Crippen LogP contribution is 2.13. The molecule has 0 bridgehead atoms. The molecule has 0 fully saturated rings. The van der Waals surface area contributed by atoms with Crippen LogP contribution in [0.2, 0.25) is 0 Å². The Labute approximate surface area is 95.8 Å². The summed E-state index contributed by atoms with van der Waals surface area (Å²) < 4.78 is 5.78. The molecule has 0 amide bonds. The second-order valence-electron chi connectivity index (χ2n) is 5.85. The van der Waals surface area contributed by atoms with Crippen molar-refractivity contribution in [1.29, 1.82) is 0 Å². The van der Waals surface area contributed by atoms with Gasteiger partial charge < -0.3 is 10.1 Å². The van der Waals surface area contributed by atoms with Crippen molar-refractivity contribution in [3.63, 3.8) is 0 Å². The van der Waals surface area contributed by atoms with Gasteiger partial charge in [0.1, 0.15) is 0 Å². The number of rotatable bonds is 7. The summed E-state index contributed by atoms with van der Waals surface area (Å²) in [6.07, 6.45) is 3.41. The molecule has 0 aromatic rings. The van der Waals surface area contributed by atoms with Crippen LogP contribution in [0.15, 0.2) is 0 Å². The van der Waals surface area contributed by atoms with Crippen LogP contribution in [0.5, 0.6) is 0 Å². The van der Waals surface area contributed by atoms with Gasteiger partial charge in [-0.3, -0.25) is 0 Å². The minimum Gasteiger partial charge on any atom is -0.376 e. The number of unbranched alkanes of at least 4 members (excludes halogenated alkanes) is 1. The smallest absolute Gasteiger partial charge is 0.0623 e. The van der Waals surface area contributed by atoms with Crippen LogP contribution < -0.4 is 5.32 Å². The molecule has 0 spiro atoms. The minimum absolute atomic E-state index is 0.0530. The maximum Gasteiger partial charge on any atom is 0.0623 e. The van der Waals surface area contributed by atoms with E-state index < -0.39 is 0 Å². The van der Waals surface area contributed by atoms with Gasteiger partial charge in [-0.15, -0.1) is 0 Å². The molecular formula is C13H29NO. The van der Waals surface area contributed by atoms with E-state index in [4.69, 9.17) is 4.74 Å². The summed E-state index contributed by atoms with van der Waals surface area (Å²) in [5.74, 6) is 0. The Morgan fingerprint density at radius 2 is 1.60 bits per heavy atom. The highest BCUT2D eigenvalue weighted by molar-refractivity contribution is 4.70. The normalized spacial score (nSPS) is 13.2. The molecule has 0 rings (SSSR count). The van der Waals surface area contributed by atoms with Gasteiger partial charge in [0.2, 0.25) is 0 Å². The van der Waals surface area contributed by atoms with Crippen LogP contribution in [0, 0.1) is 0 Å². The van der Waals surface area contributed by atoms with Crippen molar-refractivity contribution in [2.45, 2.75) is 71.9 Å². The lowest BCUT2D eigenvalue weighted by molar-refractivity contribution is -0.0215. The van der Waals surface area contributed by atoms with Crippen LogP contribution in [0.4, 0.5) is 0 Å². The molecule has 0 aliphatic carbocycles. The molecule has 0 heterocycles. The fourth-order valence-corrected chi connectivity index (χ4v) is 1.14. The van der Waals surface area contributed by atoms with Gasteiger partial charge in [-0.2, -0.15) is 0 Å². The summed E-state index contributed by atoms with van der Waals surface area (Å²) in [4.78, 5) is 0. The average Bonchev–Trinajstić information content (AvgIpc) is 2.09. The summed E-state index contributed by atoms with van der Waals surface area (Å²) in [7, 11) is 0.